The van der Waals surface area contributed by atoms with Crippen molar-refractivity contribution < 1.29 is 14.0 Å². The molecular weight excluding hydrogens is 345 g/mol. The highest BCUT2D eigenvalue weighted by Gasteiger charge is 2.21. The van der Waals surface area contributed by atoms with Gasteiger partial charge in [-0.25, -0.2) is 4.39 Å². The zero-order chi connectivity index (χ0) is 19.1. The Balaban J connectivity index is 1.37. The van der Waals surface area contributed by atoms with Crippen LogP contribution in [0, 0.1) is 5.82 Å². The molecule has 0 spiro atoms. The lowest BCUT2D eigenvalue weighted by Crippen LogP contribution is -2.48. The largest absolute Gasteiger partial charge is 0.340 e. The smallest absolute Gasteiger partial charge is 0.222 e. The first-order chi connectivity index (χ1) is 13.1. The van der Waals surface area contributed by atoms with E-state index >= 15 is 0 Å². The molecule has 0 aliphatic carbocycles. The van der Waals surface area contributed by atoms with Gasteiger partial charge in [0.1, 0.15) is 5.82 Å². The third-order valence-corrected chi connectivity index (χ3v) is 4.81. The Labute approximate surface area is 158 Å². The van der Waals surface area contributed by atoms with Gasteiger partial charge in [-0.1, -0.05) is 6.07 Å². The average Bonchev–Trinajstić information content (AvgIpc) is 2.69. The summed E-state index contributed by atoms with van der Waals surface area (Å²) in [5.41, 5.74) is 1.67. The highest BCUT2D eigenvalue weighted by molar-refractivity contribution is 5.96. The van der Waals surface area contributed by atoms with E-state index in [-0.39, 0.29) is 17.5 Å². The van der Waals surface area contributed by atoms with Gasteiger partial charge in [0.2, 0.25) is 5.91 Å². The Morgan fingerprint density at radius 1 is 1.00 bits per heavy atom. The minimum Gasteiger partial charge on any atom is -0.340 e. The van der Waals surface area contributed by atoms with Crippen LogP contribution in [0.4, 0.5) is 4.39 Å². The number of carbonyl (C=O) groups is 2. The standard InChI is InChI=1S/C21H24FN3O2/c22-19-8-6-18(7-9-19)20(26)4-1-5-21(27)25-13-11-24(12-14-25)16-17-3-2-10-23-15-17/h2-3,6-10,15H,1,4-5,11-14,16H2. The molecule has 5 nitrogen and oxygen atoms in total. The van der Waals surface area contributed by atoms with Gasteiger partial charge in [-0.3, -0.25) is 19.5 Å². The molecule has 1 fully saturated rings. The molecule has 0 bridgehead atoms. The summed E-state index contributed by atoms with van der Waals surface area (Å²) in [6, 6.07) is 9.53. The molecule has 0 saturated carbocycles. The van der Waals surface area contributed by atoms with E-state index in [9.17, 15) is 14.0 Å². The molecule has 3 rings (SSSR count). The third-order valence-electron chi connectivity index (χ3n) is 4.81. The molecule has 1 aromatic carbocycles. The SMILES string of the molecule is O=C(CCCC(=O)N1CCN(Cc2cccnc2)CC1)c1ccc(F)cc1. The molecule has 1 amide bonds. The monoisotopic (exact) mass is 369 g/mol. The van der Waals surface area contributed by atoms with Crippen molar-refractivity contribution in [1.29, 1.82) is 0 Å². The van der Waals surface area contributed by atoms with Crippen molar-refractivity contribution in [2.75, 3.05) is 26.2 Å². The third kappa shape index (κ3) is 5.69. The lowest BCUT2D eigenvalue weighted by atomic mass is 10.1. The number of ketones is 1. The molecule has 1 aliphatic rings. The van der Waals surface area contributed by atoms with E-state index in [4.69, 9.17) is 0 Å². The number of halogens is 1. The van der Waals surface area contributed by atoms with Gasteiger partial charge < -0.3 is 4.90 Å². The number of pyridine rings is 1. The normalized spacial score (nSPS) is 14.9. The molecule has 2 aromatic rings. The summed E-state index contributed by atoms with van der Waals surface area (Å²) in [5, 5.41) is 0. The van der Waals surface area contributed by atoms with Crippen LogP contribution in [0.25, 0.3) is 0 Å². The molecule has 0 unspecified atom stereocenters. The maximum Gasteiger partial charge on any atom is 0.222 e. The molecule has 1 aromatic heterocycles. The van der Waals surface area contributed by atoms with E-state index in [0.717, 1.165) is 19.6 Å². The average molecular weight is 369 g/mol. The molecule has 0 N–H and O–H groups in total. The summed E-state index contributed by atoms with van der Waals surface area (Å²) in [6.07, 6.45) is 4.83. The number of carbonyl (C=O) groups excluding carboxylic acids is 2. The van der Waals surface area contributed by atoms with Crippen molar-refractivity contribution in [3.8, 4) is 0 Å². The number of amides is 1. The van der Waals surface area contributed by atoms with Gasteiger partial charge in [-0.2, -0.15) is 0 Å². The lowest BCUT2D eigenvalue weighted by Gasteiger charge is -2.34. The van der Waals surface area contributed by atoms with Crippen LogP contribution in [0.2, 0.25) is 0 Å². The van der Waals surface area contributed by atoms with Gasteiger partial charge in [0.25, 0.3) is 0 Å². The summed E-state index contributed by atoms with van der Waals surface area (Å²) >= 11 is 0. The second kappa shape index (κ2) is 9.37. The summed E-state index contributed by atoms with van der Waals surface area (Å²) < 4.78 is 12.9. The quantitative estimate of drug-likeness (QED) is 0.704. The highest BCUT2D eigenvalue weighted by Crippen LogP contribution is 2.12. The van der Waals surface area contributed by atoms with Crippen molar-refractivity contribution in [2.24, 2.45) is 0 Å². The second-order valence-corrected chi connectivity index (χ2v) is 6.80. The first kappa shape index (κ1) is 19.2. The summed E-state index contributed by atoms with van der Waals surface area (Å²) in [7, 11) is 0. The van der Waals surface area contributed by atoms with Crippen molar-refractivity contribution in [2.45, 2.75) is 25.8 Å². The van der Waals surface area contributed by atoms with Gasteiger partial charge in [-0.05, 0) is 42.3 Å². The van der Waals surface area contributed by atoms with Crippen LogP contribution >= 0.6 is 0 Å². The van der Waals surface area contributed by atoms with Gasteiger partial charge in [0, 0.05) is 63.5 Å². The van der Waals surface area contributed by atoms with Crippen LogP contribution in [0.3, 0.4) is 0 Å². The molecule has 6 heteroatoms. The first-order valence-electron chi connectivity index (χ1n) is 9.29. The van der Waals surface area contributed by atoms with Crippen LogP contribution in [0.15, 0.2) is 48.8 Å². The van der Waals surface area contributed by atoms with Gasteiger partial charge >= 0.3 is 0 Å². The topological polar surface area (TPSA) is 53.5 Å². The van der Waals surface area contributed by atoms with E-state index in [1.54, 1.807) is 6.20 Å². The second-order valence-electron chi connectivity index (χ2n) is 6.80. The minimum absolute atomic E-state index is 0.0518. The molecule has 0 radical (unpaired) electrons. The van der Waals surface area contributed by atoms with Gasteiger partial charge in [0.05, 0.1) is 0 Å². The van der Waals surface area contributed by atoms with Crippen LogP contribution in [0.5, 0.6) is 0 Å². The van der Waals surface area contributed by atoms with E-state index in [1.807, 2.05) is 17.2 Å². The number of benzene rings is 1. The Morgan fingerprint density at radius 2 is 1.74 bits per heavy atom. The van der Waals surface area contributed by atoms with Gasteiger partial charge in [0.15, 0.2) is 5.78 Å². The fraction of sp³-hybridized carbons (Fsp3) is 0.381. The molecule has 0 atom stereocenters. The fourth-order valence-corrected chi connectivity index (χ4v) is 3.24. The Kier molecular flexibility index (Phi) is 6.65. The maximum atomic E-state index is 12.9. The van der Waals surface area contributed by atoms with Crippen LogP contribution < -0.4 is 0 Å². The summed E-state index contributed by atoms with van der Waals surface area (Å²) in [6.45, 7) is 3.96. The highest BCUT2D eigenvalue weighted by atomic mass is 19.1. The minimum atomic E-state index is -0.357. The Morgan fingerprint density at radius 3 is 2.41 bits per heavy atom. The van der Waals surface area contributed by atoms with Gasteiger partial charge in [-0.15, -0.1) is 0 Å². The van der Waals surface area contributed by atoms with E-state index in [1.165, 1.54) is 29.8 Å². The fourth-order valence-electron chi connectivity index (χ4n) is 3.24. The number of hydrogen-bond acceptors (Lipinski definition) is 4. The van der Waals surface area contributed by atoms with E-state index in [2.05, 4.69) is 16.0 Å². The number of nitrogens with zero attached hydrogens (tertiary/aromatic N) is 3. The molecular formula is C21H24FN3O2. The molecule has 1 saturated heterocycles. The van der Waals surface area contributed by atoms with Crippen LogP contribution in [-0.4, -0.2) is 52.7 Å². The predicted octanol–water partition coefficient (Wildman–Crippen LogP) is 2.92. The van der Waals surface area contributed by atoms with Crippen molar-refractivity contribution in [1.82, 2.24) is 14.8 Å². The predicted molar refractivity (Wildman–Crippen MR) is 101 cm³/mol. The molecule has 27 heavy (non-hydrogen) atoms. The zero-order valence-electron chi connectivity index (χ0n) is 15.3. The first-order valence-corrected chi connectivity index (χ1v) is 9.29. The zero-order valence-corrected chi connectivity index (χ0v) is 15.3. The van der Waals surface area contributed by atoms with E-state index < -0.39 is 0 Å². The Bertz CT molecular complexity index is 757. The lowest BCUT2D eigenvalue weighted by molar-refractivity contribution is -0.133. The van der Waals surface area contributed by atoms with Crippen molar-refractivity contribution in [3.05, 3.63) is 65.7 Å². The summed E-state index contributed by atoms with van der Waals surface area (Å²) in [5.74, 6) is -0.309. The van der Waals surface area contributed by atoms with Crippen molar-refractivity contribution >= 4 is 11.7 Å². The maximum absolute atomic E-state index is 12.9. The number of rotatable bonds is 7. The van der Waals surface area contributed by atoms with Crippen LogP contribution in [0.1, 0.15) is 35.2 Å². The number of Topliss-reactive ketones (excluding diaryl/α,β-unsaturated/α-hetero) is 1. The Hall–Kier alpha value is -2.60. The molecule has 142 valence electrons. The molecule has 1 aliphatic heterocycles. The number of piperazine rings is 1. The van der Waals surface area contributed by atoms with Crippen molar-refractivity contribution in [3.63, 3.8) is 0 Å². The summed E-state index contributed by atoms with van der Waals surface area (Å²) in [4.78, 5) is 32.8. The van der Waals surface area contributed by atoms with Crippen LogP contribution in [-0.2, 0) is 11.3 Å². The molecule has 2 heterocycles. The number of hydrogen-bond donors (Lipinski definition) is 0. The van der Waals surface area contributed by atoms with E-state index in [0.29, 0.717) is 37.9 Å². The number of aromatic nitrogens is 1.